The Bertz CT molecular complexity index is 909. The van der Waals surface area contributed by atoms with Crippen LogP contribution in [0, 0.1) is 20.8 Å². The number of nitrogens with zero attached hydrogens (tertiary/aromatic N) is 2. The van der Waals surface area contributed by atoms with E-state index in [2.05, 4.69) is 12.1 Å². The van der Waals surface area contributed by atoms with Crippen LogP contribution in [0.4, 0.5) is 0 Å². The number of hydrogen-bond donors (Lipinski definition) is 0. The fourth-order valence-electron chi connectivity index (χ4n) is 4.38. The Morgan fingerprint density at radius 1 is 1.12 bits per heavy atom. The number of carbonyl (C=O) groups excluding carboxylic acids is 2. The smallest absolute Gasteiger partial charge is 0.334 e. The Hall–Kier alpha value is -2.68. The van der Waals surface area contributed by atoms with E-state index >= 15 is 0 Å². The van der Waals surface area contributed by atoms with E-state index in [9.17, 15) is 9.59 Å². The molecular weight excluding hydrogens is 412 g/mol. The molecule has 1 aromatic heterocycles. The number of amides is 1. The number of methoxy groups -OCH3 is 1. The summed E-state index contributed by atoms with van der Waals surface area (Å²) in [6, 6.07) is 5.87. The molecule has 8 heteroatoms. The molecule has 0 N–H and O–H groups in total. The van der Waals surface area contributed by atoms with Crippen molar-refractivity contribution in [3.05, 3.63) is 58.5 Å². The van der Waals surface area contributed by atoms with Crippen molar-refractivity contribution in [1.29, 1.82) is 0 Å². The van der Waals surface area contributed by atoms with Crippen molar-refractivity contribution in [1.82, 2.24) is 10.1 Å². The highest BCUT2D eigenvalue weighted by Gasteiger charge is 2.51. The van der Waals surface area contributed by atoms with Gasteiger partial charge in [-0.25, -0.2) is 9.86 Å². The largest absolute Gasteiger partial charge is 0.472 e. The first-order valence-electron chi connectivity index (χ1n) is 10.7. The molecule has 1 fully saturated rings. The summed E-state index contributed by atoms with van der Waals surface area (Å²) < 4.78 is 10.3. The van der Waals surface area contributed by atoms with Crippen LogP contribution in [0.5, 0.6) is 0 Å². The van der Waals surface area contributed by atoms with E-state index in [0.717, 1.165) is 27.8 Å². The zero-order valence-electron chi connectivity index (χ0n) is 19.5. The van der Waals surface area contributed by atoms with Crippen LogP contribution in [0.2, 0.25) is 0 Å². The van der Waals surface area contributed by atoms with Crippen molar-refractivity contribution in [2.75, 3.05) is 27.3 Å². The number of esters is 1. The van der Waals surface area contributed by atoms with Crippen molar-refractivity contribution in [3.63, 3.8) is 0 Å². The maximum atomic E-state index is 13.7. The van der Waals surface area contributed by atoms with Gasteiger partial charge in [0.15, 0.2) is 5.54 Å². The number of hydroxylamine groups is 4. The van der Waals surface area contributed by atoms with Crippen LogP contribution in [0.25, 0.3) is 0 Å². The second-order valence-electron chi connectivity index (χ2n) is 8.28. The zero-order chi connectivity index (χ0) is 23.3. The lowest BCUT2D eigenvalue weighted by molar-refractivity contribution is -0.252. The van der Waals surface area contributed by atoms with E-state index in [4.69, 9.17) is 18.8 Å². The van der Waals surface area contributed by atoms with E-state index in [0.29, 0.717) is 25.9 Å². The Labute approximate surface area is 188 Å². The van der Waals surface area contributed by atoms with Crippen molar-refractivity contribution < 1.29 is 28.4 Å². The molecule has 1 aromatic carbocycles. The number of carbonyl (C=O) groups is 2. The lowest BCUT2D eigenvalue weighted by Gasteiger charge is -2.44. The zero-order valence-corrected chi connectivity index (χ0v) is 19.5. The van der Waals surface area contributed by atoms with Gasteiger partial charge < -0.3 is 14.0 Å². The lowest BCUT2D eigenvalue weighted by Crippen LogP contribution is -2.62. The highest BCUT2D eigenvalue weighted by Crippen LogP contribution is 2.33. The third kappa shape index (κ3) is 5.03. The van der Waals surface area contributed by atoms with Gasteiger partial charge in [-0.15, -0.1) is 0 Å². The average Bonchev–Trinajstić information content (AvgIpc) is 3.29. The van der Waals surface area contributed by atoms with Gasteiger partial charge in [0.25, 0.3) is 5.91 Å². The quantitative estimate of drug-likeness (QED) is 0.457. The van der Waals surface area contributed by atoms with Crippen LogP contribution >= 0.6 is 0 Å². The molecule has 2 heterocycles. The molecule has 0 aliphatic carbocycles. The number of rotatable bonds is 8. The van der Waals surface area contributed by atoms with Gasteiger partial charge in [0.1, 0.15) is 6.61 Å². The van der Waals surface area contributed by atoms with Gasteiger partial charge in [0.2, 0.25) is 0 Å². The van der Waals surface area contributed by atoms with E-state index in [1.165, 1.54) is 18.4 Å². The third-order valence-corrected chi connectivity index (χ3v) is 6.10. The monoisotopic (exact) mass is 444 g/mol. The van der Waals surface area contributed by atoms with E-state index in [1.54, 1.807) is 24.5 Å². The summed E-state index contributed by atoms with van der Waals surface area (Å²) in [5.41, 5.74) is 3.67. The molecule has 8 nitrogen and oxygen atoms in total. The highest BCUT2D eigenvalue weighted by molar-refractivity contribution is 5.88. The molecule has 0 unspecified atom stereocenters. The van der Waals surface area contributed by atoms with Crippen LogP contribution in [0.15, 0.2) is 35.1 Å². The number of furan rings is 1. The first kappa shape index (κ1) is 24.0. The standard InChI is InChI=1S/C24H32N2O6/c1-17-12-18(2)21(19(3)13-17)14-22(27)26(32-16-20-6-11-31-15-20)24(23(28)29-4)7-9-25(30-5)10-8-24/h6,11-13,15H,7-10,14,16H2,1-5H3. The minimum Gasteiger partial charge on any atom is -0.472 e. The van der Waals surface area contributed by atoms with Crippen LogP contribution in [0.3, 0.4) is 0 Å². The number of piperidine rings is 1. The Kier molecular flexibility index (Phi) is 7.71. The molecule has 1 amide bonds. The van der Waals surface area contributed by atoms with Gasteiger partial charge in [-0.05, 0) is 56.4 Å². The average molecular weight is 445 g/mol. The molecule has 2 aromatic rings. The summed E-state index contributed by atoms with van der Waals surface area (Å²) in [5.74, 6) is -0.786. The number of hydrogen-bond acceptors (Lipinski definition) is 7. The molecule has 1 aliphatic heterocycles. The van der Waals surface area contributed by atoms with Crippen LogP contribution in [-0.4, -0.2) is 54.9 Å². The minimum atomic E-state index is -1.24. The van der Waals surface area contributed by atoms with E-state index < -0.39 is 11.5 Å². The topological polar surface area (TPSA) is 81.4 Å². The van der Waals surface area contributed by atoms with Crippen LogP contribution in [-0.2, 0) is 37.0 Å². The maximum absolute atomic E-state index is 13.7. The van der Waals surface area contributed by atoms with Gasteiger partial charge in [-0.2, -0.15) is 5.06 Å². The molecule has 1 aliphatic rings. The number of benzene rings is 1. The second kappa shape index (κ2) is 10.3. The summed E-state index contributed by atoms with van der Waals surface area (Å²) in [4.78, 5) is 38.1. The van der Waals surface area contributed by atoms with Gasteiger partial charge in [-0.1, -0.05) is 17.7 Å². The van der Waals surface area contributed by atoms with Crippen LogP contribution in [0.1, 0.15) is 40.7 Å². The maximum Gasteiger partial charge on any atom is 0.334 e. The predicted octanol–water partition coefficient (Wildman–Crippen LogP) is 3.28. The van der Waals surface area contributed by atoms with Gasteiger partial charge in [0.05, 0.1) is 33.2 Å². The number of aryl methyl sites for hydroxylation is 3. The van der Waals surface area contributed by atoms with Crippen molar-refractivity contribution in [2.24, 2.45) is 0 Å². The lowest BCUT2D eigenvalue weighted by atomic mass is 9.86. The Morgan fingerprint density at radius 3 is 2.31 bits per heavy atom. The van der Waals surface area contributed by atoms with Gasteiger partial charge >= 0.3 is 5.97 Å². The summed E-state index contributed by atoms with van der Waals surface area (Å²) in [6.07, 6.45) is 3.87. The molecule has 0 spiro atoms. The molecule has 0 radical (unpaired) electrons. The summed E-state index contributed by atoms with van der Waals surface area (Å²) in [5, 5.41) is 3.01. The molecule has 0 atom stereocenters. The van der Waals surface area contributed by atoms with E-state index in [1.807, 2.05) is 20.8 Å². The molecule has 1 saturated heterocycles. The molecule has 3 rings (SSSR count). The molecule has 0 bridgehead atoms. The summed E-state index contributed by atoms with van der Waals surface area (Å²) in [7, 11) is 2.92. The van der Waals surface area contributed by atoms with Gasteiger partial charge in [-0.3, -0.25) is 9.63 Å². The fraction of sp³-hybridized carbons (Fsp3) is 0.500. The second-order valence-corrected chi connectivity index (χ2v) is 8.28. The minimum absolute atomic E-state index is 0.0981. The SMILES string of the molecule is COC(=O)C1(N(OCc2ccoc2)C(=O)Cc2c(C)cc(C)cc2C)CCN(OC)CC1. The first-order chi connectivity index (χ1) is 15.3. The predicted molar refractivity (Wildman–Crippen MR) is 117 cm³/mol. The third-order valence-electron chi connectivity index (χ3n) is 6.10. The molecular formula is C24H32N2O6. The Morgan fingerprint density at radius 2 is 1.78 bits per heavy atom. The fourth-order valence-corrected chi connectivity index (χ4v) is 4.38. The number of ether oxygens (including phenoxy) is 1. The van der Waals surface area contributed by atoms with Gasteiger partial charge in [0, 0.05) is 18.7 Å². The summed E-state index contributed by atoms with van der Waals surface area (Å²) in [6.45, 7) is 7.04. The van der Waals surface area contributed by atoms with Crippen molar-refractivity contribution >= 4 is 11.9 Å². The first-order valence-corrected chi connectivity index (χ1v) is 10.7. The highest BCUT2D eigenvalue weighted by atomic mass is 16.7. The normalized spacial score (nSPS) is 16.0. The van der Waals surface area contributed by atoms with E-state index in [-0.39, 0.29) is 18.9 Å². The van der Waals surface area contributed by atoms with Crippen LogP contribution < -0.4 is 0 Å². The van der Waals surface area contributed by atoms with Crippen molar-refractivity contribution in [3.8, 4) is 0 Å². The molecule has 32 heavy (non-hydrogen) atoms. The Balaban J connectivity index is 1.94. The molecule has 174 valence electrons. The summed E-state index contributed by atoms with van der Waals surface area (Å²) >= 11 is 0. The molecule has 0 saturated carbocycles. The van der Waals surface area contributed by atoms with Crippen molar-refractivity contribution in [2.45, 2.75) is 52.2 Å².